The van der Waals surface area contributed by atoms with Gasteiger partial charge in [-0.05, 0) is 19.4 Å². The van der Waals surface area contributed by atoms with Gasteiger partial charge in [-0.1, -0.05) is 35.3 Å². The first-order valence-corrected chi connectivity index (χ1v) is 6.03. The molecular formula is C12H14Cl2O2. The van der Waals surface area contributed by atoms with Gasteiger partial charge >= 0.3 is 0 Å². The zero-order valence-electron chi connectivity index (χ0n) is 9.04. The van der Waals surface area contributed by atoms with E-state index in [1.165, 1.54) is 0 Å². The molecule has 88 valence electrons. The second kappa shape index (κ2) is 4.53. The number of rotatable bonds is 2. The van der Waals surface area contributed by atoms with Gasteiger partial charge in [0.1, 0.15) is 0 Å². The maximum absolute atomic E-state index is 10.6. The van der Waals surface area contributed by atoms with E-state index in [1.807, 2.05) is 6.07 Å². The van der Waals surface area contributed by atoms with Crippen molar-refractivity contribution in [2.45, 2.75) is 18.9 Å². The lowest BCUT2D eigenvalue weighted by atomic mass is 9.82. The molecule has 2 unspecified atom stereocenters. The summed E-state index contributed by atoms with van der Waals surface area (Å²) in [5.41, 5.74) is -0.310. The highest BCUT2D eigenvalue weighted by Gasteiger charge is 2.37. The summed E-state index contributed by atoms with van der Waals surface area (Å²) >= 11 is 12.1. The molecule has 16 heavy (non-hydrogen) atoms. The van der Waals surface area contributed by atoms with Crippen molar-refractivity contribution in [2.24, 2.45) is 5.92 Å². The Morgan fingerprint density at radius 2 is 2.19 bits per heavy atom. The molecule has 0 amide bonds. The van der Waals surface area contributed by atoms with E-state index >= 15 is 0 Å². The maximum atomic E-state index is 10.6. The van der Waals surface area contributed by atoms with E-state index in [0.717, 1.165) is 6.42 Å². The van der Waals surface area contributed by atoms with Crippen LogP contribution in [-0.2, 0) is 10.3 Å². The highest BCUT2D eigenvalue weighted by Crippen LogP contribution is 2.40. The third kappa shape index (κ3) is 2.07. The van der Waals surface area contributed by atoms with Crippen LogP contribution in [0, 0.1) is 5.92 Å². The van der Waals surface area contributed by atoms with Crippen molar-refractivity contribution in [3.8, 4) is 0 Å². The van der Waals surface area contributed by atoms with Gasteiger partial charge in [0.15, 0.2) is 0 Å². The molecular weight excluding hydrogens is 247 g/mol. The molecule has 2 rings (SSSR count). The van der Waals surface area contributed by atoms with Crippen LogP contribution in [-0.4, -0.2) is 18.3 Å². The predicted octanol–water partition coefficient (Wildman–Crippen LogP) is 3.24. The maximum Gasteiger partial charge on any atom is 0.0934 e. The molecule has 1 aromatic rings. The van der Waals surface area contributed by atoms with Crippen LogP contribution in [0.4, 0.5) is 0 Å². The molecule has 1 aliphatic rings. The summed E-state index contributed by atoms with van der Waals surface area (Å²) in [6.45, 7) is 3.03. The Morgan fingerprint density at radius 1 is 1.44 bits per heavy atom. The molecule has 0 radical (unpaired) electrons. The van der Waals surface area contributed by atoms with Gasteiger partial charge in [-0.2, -0.15) is 0 Å². The van der Waals surface area contributed by atoms with Crippen molar-refractivity contribution in [3.05, 3.63) is 33.8 Å². The molecule has 1 heterocycles. The second-order valence-electron chi connectivity index (χ2n) is 4.31. The fraction of sp³-hybridized carbons (Fsp3) is 0.500. The van der Waals surface area contributed by atoms with E-state index in [-0.39, 0.29) is 5.92 Å². The lowest BCUT2D eigenvalue weighted by molar-refractivity contribution is -0.00960. The Hall–Kier alpha value is -0.280. The summed E-state index contributed by atoms with van der Waals surface area (Å²) in [5.74, 6) is 0.0727. The Balaban J connectivity index is 2.38. The van der Waals surface area contributed by atoms with Crippen LogP contribution in [0.25, 0.3) is 0 Å². The Morgan fingerprint density at radius 3 is 2.81 bits per heavy atom. The van der Waals surface area contributed by atoms with Crippen LogP contribution in [0.15, 0.2) is 18.2 Å². The first-order valence-electron chi connectivity index (χ1n) is 5.28. The van der Waals surface area contributed by atoms with E-state index in [9.17, 15) is 5.11 Å². The van der Waals surface area contributed by atoms with E-state index in [0.29, 0.717) is 28.8 Å². The van der Waals surface area contributed by atoms with Crippen LogP contribution < -0.4 is 0 Å². The number of ether oxygens (including phenoxy) is 1. The van der Waals surface area contributed by atoms with E-state index in [1.54, 1.807) is 19.1 Å². The zero-order chi connectivity index (χ0) is 11.8. The SMILES string of the molecule is CC(O)(c1cccc(Cl)c1Cl)C1CCOC1. The van der Waals surface area contributed by atoms with Gasteiger partial charge in [-0.3, -0.25) is 0 Å². The second-order valence-corrected chi connectivity index (χ2v) is 5.09. The minimum absolute atomic E-state index is 0.0727. The molecule has 0 aliphatic carbocycles. The van der Waals surface area contributed by atoms with Crippen LogP contribution in [0.1, 0.15) is 18.9 Å². The minimum Gasteiger partial charge on any atom is -0.385 e. The lowest BCUT2D eigenvalue weighted by Gasteiger charge is -2.30. The quantitative estimate of drug-likeness (QED) is 0.885. The summed E-state index contributed by atoms with van der Waals surface area (Å²) in [5, 5.41) is 11.5. The smallest absolute Gasteiger partial charge is 0.0934 e. The van der Waals surface area contributed by atoms with Gasteiger partial charge in [-0.25, -0.2) is 0 Å². The fourth-order valence-corrected chi connectivity index (χ4v) is 2.58. The normalized spacial score (nSPS) is 24.4. The summed E-state index contributed by atoms with van der Waals surface area (Å²) < 4.78 is 5.30. The van der Waals surface area contributed by atoms with Gasteiger partial charge in [-0.15, -0.1) is 0 Å². The van der Waals surface area contributed by atoms with E-state index in [2.05, 4.69) is 0 Å². The number of halogens is 2. The summed E-state index contributed by atoms with van der Waals surface area (Å²) in [6, 6.07) is 5.33. The number of aliphatic hydroxyl groups is 1. The van der Waals surface area contributed by atoms with Crippen molar-refractivity contribution in [2.75, 3.05) is 13.2 Å². The molecule has 1 N–H and O–H groups in total. The molecule has 2 nitrogen and oxygen atoms in total. The molecule has 2 atom stereocenters. The predicted molar refractivity (Wildman–Crippen MR) is 65.0 cm³/mol. The van der Waals surface area contributed by atoms with Crippen molar-refractivity contribution >= 4 is 23.2 Å². The highest BCUT2D eigenvalue weighted by molar-refractivity contribution is 6.42. The molecule has 0 spiro atoms. The Bertz CT molecular complexity index is 385. The third-order valence-corrected chi connectivity index (χ3v) is 4.04. The minimum atomic E-state index is -0.988. The molecule has 4 heteroatoms. The van der Waals surface area contributed by atoms with E-state index < -0.39 is 5.60 Å². The summed E-state index contributed by atoms with van der Waals surface area (Å²) in [7, 11) is 0. The Labute approximate surface area is 105 Å². The molecule has 0 aromatic heterocycles. The van der Waals surface area contributed by atoms with Crippen LogP contribution in [0.5, 0.6) is 0 Å². The van der Waals surface area contributed by atoms with Crippen molar-refractivity contribution in [1.29, 1.82) is 0 Å². The summed E-state index contributed by atoms with van der Waals surface area (Å²) in [4.78, 5) is 0. The van der Waals surface area contributed by atoms with Gasteiger partial charge < -0.3 is 9.84 Å². The molecule has 0 saturated carbocycles. The molecule has 1 fully saturated rings. The third-order valence-electron chi connectivity index (χ3n) is 3.22. The van der Waals surface area contributed by atoms with Crippen LogP contribution >= 0.6 is 23.2 Å². The zero-order valence-corrected chi connectivity index (χ0v) is 10.6. The van der Waals surface area contributed by atoms with Crippen molar-refractivity contribution in [1.82, 2.24) is 0 Å². The van der Waals surface area contributed by atoms with E-state index in [4.69, 9.17) is 27.9 Å². The molecule has 1 saturated heterocycles. The summed E-state index contributed by atoms with van der Waals surface area (Å²) in [6.07, 6.45) is 0.843. The van der Waals surface area contributed by atoms with Gasteiger partial charge in [0.25, 0.3) is 0 Å². The largest absolute Gasteiger partial charge is 0.385 e. The monoisotopic (exact) mass is 260 g/mol. The number of benzene rings is 1. The van der Waals surface area contributed by atoms with Crippen molar-refractivity contribution in [3.63, 3.8) is 0 Å². The number of hydrogen-bond donors (Lipinski definition) is 1. The highest BCUT2D eigenvalue weighted by atomic mass is 35.5. The van der Waals surface area contributed by atoms with Crippen LogP contribution in [0.3, 0.4) is 0 Å². The first kappa shape index (κ1) is 12.2. The molecule has 1 aromatic carbocycles. The van der Waals surface area contributed by atoms with Crippen molar-refractivity contribution < 1.29 is 9.84 Å². The van der Waals surface area contributed by atoms with Gasteiger partial charge in [0.2, 0.25) is 0 Å². The average molecular weight is 261 g/mol. The first-order chi connectivity index (χ1) is 7.53. The fourth-order valence-electron chi connectivity index (χ4n) is 2.09. The lowest BCUT2D eigenvalue weighted by Crippen LogP contribution is -2.32. The van der Waals surface area contributed by atoms with Gasteiger partial charge in [0.05, 0.1) is 22.3 Å². The van der Waals surface area contributed by atoms with Crippen LogP contribution in [0.2, 0.25) is 10.0 Å². The van der Waals surface area contributed by atoms with Gasteiger partial charge in [0, 0.05) is 18.1 Å². The number of hydrogen-bond acceptors (Lipinski definition) is 2. The molecule has 1 aliphatic heterocycles. The molecule has 0 bridgehead atoms. The Kier molecular flexibility index (Phi) is 3.45. The average Bonchev–Trinajstić information content (AvgIpc) is 2.75. The topological polar surface area (TPSA) is 29.5 Å². The standard InChI is InChI=1S/C12H14Cl2O2/c1-12(15,8-5-6-16-7-8)9-3-2-4-10(13)11(9)14/h2-4,8,15H,5-7H2,1H3.